The molecule has 1 aliphatic carbocycles. The van der Waals surface area contributed by atoms with Crippen molar-refractivity contribution in [3.63, 3.8) is 0 Å². The van der Waals surface area contributed by atoms with E-state index in [2.05, 4.69) is 36.9 Å². The second-order valence-electron chi connectivity index (χ2n) is 9.33. The van der Waals surface area contributed by atoms with Gasteiger partial charge in [-0.05, 0) is 55.6 Å². The molecule has 0 unspecified atom stereocenters. The maximum Gasteiger partial charge on any atom is 0.325 e. The summed E-state index contributed by atoms with van der Waals surface area (Å²) < 4.78 is 0. The van der Waals surface area contributed by atoms with Gasteiger partial charge in [0.25, 0.3) is 17.7 Å². The van der Waals surface area contributed by atoms with Crippen molar-refractivity contribution in [3.05, 3.63) is 21.4 Å². The third kappa shape index (κ3) is 4.35. The Balaban J connectivity index is 1.60. The van der Waals surface area contributed by atoms with Crippen LogP contribution < -0.4 is 16.2 Å². The Bertz CT molecular complexity index is 894. The summed E-state index contributed by atoms with van der Waals surface area (Å²) in [6.07, 6.45) is 2.92. The standard InChI is InChI=1S/C21H30N4O4S/c1-6-14-13(3)7-15(30-14)17(27)24-23-16(26)10-25-18(28)21(22-19(25)29)9-12(2)8-20(4,5)11-21/h7,12H,6,8-11H2,1-5H3,(H,22,29)(H,23,26)(H,24,27)/t12-,21+/m1/s1. The first-order valence-electron chi connectivity index (χ1n) is 10.3. The maximum atomic E-state index is 13.1. The molecule has 0 bridgehead atoms. The van der Waals surface area contributed by atoms with Crippen molar-refractivity contribution >= 4 is 35.1 Å². The fraction of sp³-hybridized carbons (Fsp3) is 0.619. The van der Waals surface area contributed by atoms with E-state index in [1.54, 1.807) is 6.07 Å². The number of nitrogens with one attached hydrogen (secondary N) is 3. The minimum Gasteiger partial charge on any atom is -0.323 e. The normalized spacial score (nSPS) is 25.4. The SMILES string of the molecule is CCc1sc(C(=O)NNC(=O)CN2C(=O)N[C@]3(C[C@H](C)CC(C)(C)C3)C2=O)cc1C. The van der Waals surface area contributed by atoms with Crippen LogP contribution in [0.2, 0.25) is 0 Å². The Hall–Kier alpha value is -2.42. The van der Waals surface area contributed by atoms with Gasteiger partial charge in [-0.3, -0.25) is 30.1 Å². The molecule has 5 amide bonds. The molecule has 2 fully saturated rings. The second kappa shape index (κ2) is 8.02. The molecule has 1 saturated carbocycles. The minimum absolute atomic E-state index is 0.0803. The number of hydrogen-bond acceptors (Lipinski definition) is 5. The lowest BCUT2D eigenvalue weighted by Gasteiger charge is -2.43. The van der Waals surface area contributed by atoms with Crippen LogP contribution in [0.15, 0.2) is 6.07 Å². The number of amides is 5. The van der Waals surface area contributed by atoms with E-state index >= 15 is 0 Å². The first-order valence-corrected chi connectivity index (χ1v) is 11.1. The van der Waals surface area contributed by atoms with E-state index in [0.717, 1.165) is 28.2 Å². The van der Waals surface area contributed by atoms with E-state index in [1.807, 2.05) is 13.8 Å². The third-order valence-corrected chi connectivity index (χ3v) is 7.19. The molecule has 9 heteroatoms. The predicted molar refractivity (Wildman–Crippen MR) is 114 cm³/mol. The fourth-order valence-electron chi connectivity index (χ4n) is 5.00. The van der Waals surface area contributed by atoms with Crippen LogP contribution in [0, 0.1) is 18.3 Å². The quantitative estimate of drug-likeness (QED) is 0.500. The largest absolute Gasteiger partial charge is 0.325 e. The zero-order valence-corrected chi connectivity index (χ0v) is 19.0. The van der Waals surface area contributed by atoms with Crippen molar-refractivity contribution in [2.24, 2.45) is 11.3 Å². The van der Waals surface area contributed by atoms with Crippen LogP contribution in [-0.2, 0) is 16.0 Å². The Morgan fingerprint density at radius 1 is 1.27 bits per heavy atom. The number of nitrogens with zero attached hydrogens (tertiary/aromatic N) is 1. The van der Waals surface area contributed by atoms with Gasteiger partial charge in [0, 0.05) is 4.88 Å². The van der Waals surface area contributed by atoms with Gasteiger partial charge in [-0.25, -0.2) is 4.79 Å². The molecule has 3 rings (SSSR count). The van der Waals surface area contributed by atoms with Crippen molar-refractivity contribution < 1.29 is 19.2 Å². The minimum atomic E-state index is -0.952. The fourth-order valence-corrected chi connectivity index (χ4v) is 6.01. The summed E-state index contributed by atoms with van der Waals surface area (Å²) in [5.74, 6) is -1.13. The highest BCUT2D eigenvalue weighted by molar-refractivity contribution is 7.14. The zero-order chi connectivity index (χ0) is 22.3. The number of hydrogen-bond donors (Lipinski definition) is 3. The second-order valence-corrected chi connectivity index (χ2v) is 10.5. The van der Waals surface area contributed by atoms with Gasteiger partial charge in [-0.1, -0.05) is 27.7 Å². The number of imide groups is 1. The van der Waals surface area contributed by atoms with Crippen molar-refractivity contribution in [3.8, 4) is 0 Å². The number of hydrazine groups is 1. The average Bonchev–Trinajstić information content (AvgIpc) is 3.11. The molecular formula is C21H30N4O4S. The Morgan fingerprint density at radius 2 is 1.97 bits per heavy atom. The van der Waals surface area contributed by atoms with Crippen LogP contribution in [0.4, 0.5) is 4.79 Å². The van der Waals surface area contributed by atoms with Gasteiger partial charge in [0.2, 0.25) is 0 Å². The van der Waals surface area contributed by atoms with Gasteiger partial charge in [-0.2, -0.15) is 0 Å². The van der Waals surface area contributed by atoms with E-state index < -0.39 is 29.9 Å². The summed E-state index contributed by atoms with van der Waals surface area (Å²) in [6, 6.07) is 1.21. The average molecular weight is 435 g/mol. The molecule has 2 atom stereocenters. The van der Waals surface area contributed by atoms with E-state index in [1.165, 1.54) is 11.3 Å². The maximum absolute atomic E-state index is 13.1. The summed E-state index contributed by atoms with van der Waals surface area (Å²) in [6.45, 7) is 9.76. The molecule has 1 spiro atoms. The van der Waals surface area contributed by atoms with E-state index in [-0.39, 0.29) is 17.2 Å². The molecule has 0 aromatic carbocycles. The van der Waals surface area contributed by atoms with Gasteiger partial charge in [0.05, 0.1) is 4.88 Å². The smallest absolute Gasteiger partial charge is 0.323 e. The molecule has 30 heavy (non-hydrogen) atoms. The van der Waals surface area contributed by atoms with E-state index in [9.17, 15) is 19.2 Å². The number of urea groups is 1. The number of carbonyl (C=O) groups is 4. The van der Waals surface area contributed by atoms with Gasteiger partial charge in [-0.15, -0.1) is 11.3 Å². The molecule has 0 radical (unpaired) electrons. The highest BCUT2D eigenvalue weighted by Gasteiger charge is 2.56. The topological polar surface area (TPSA) is 108 Å². The molecule has 1 aromatic heterocycles. The highest BCUT2D eigenvalue weighted by Crippen LogP contribution is 2.46. The van der Waals surface area contributed by atoms with Crippen molar-refractivity contribution in [1.82, 2.24) is 21.1 Å². The number of thiophene rings is 1. The van der Waals surface area contributed by atoms with Crippen LogP contribution in [-0.4, -0.2) is 40.7 Å². The molecule has 2 aliphatic rings. The third-order valence-electron chi connectivity index (χ3n) is 5.81. The zero-order valence-electron chi connectivity index (χ0n) is 18.2. The molecule has 8 nitrogen and oxygen atoms in total. The lowest BCUT2D eigenvalue weighted by molar-refractivity contribution is -0.137. The monoisotopic (exact) mass is 434 g/mol. The number of aryl methyl sites for hydroxylation is 2. The predicted octanol–water partition coefficient (Wildman–Crippen LogP) is 2.52. The van der Waals surface area contributed by atoms with Gasteiger partial charge >= 0.3 is 6.03 Å². The van der Waals surface area contributed by atoms with Gasteiger partial charge < -0.3 is 5.32 Å². The van der Waals surface area contributed by atoms with Gasteiger partial charge in [0.15, 0.2) is 0 Å². The summed E-state index contributed by atoms with van der Waals surface area (Å²) in [7, 11) is 0. The van der Waals surface area contributed by atoms with E-state index in [0.29, 0.717) is 17.7 Å². The summed E-state index contributed by atoms with van der Waals surface area (Å²) >= 11 is 1.38. The number of rotatable bonds is 4. The first kappa shape index (κ1) is 22.3. The molecule has 1 saturated heterocycles. The molecule has 164 valence electrons. The van der Waals surface area contributed by atoms with Crippen LogP contribution >= 0.6 is 11.3 Å². The lowest BCUT2D eigenvalue weighted by Crippen LogP contribution is -2.54. The molecule has 2 heterocycles. The van der Waals surface area contributed by atoms with Crippen molar-refractivity contribution in [2.75, 3.05) is 6.54 Å². The summed E-state index contributed by atoms with van der Waals surface area (Å²) in [5.41, 5.74) is 4.67. The van der Waals surface area contributed by atoms with Crippen LogP contribution in [0.25, 0.3) is 0 Å². The highest BCUT2D eigenvalue weighted by atomic mass is 32.1. The Labute approximate surface area is 180 Å². The summed E-state index contributed by atoms with van der Waals surface area (Å²) in [5, 5.41) is 2.84. The van der Waals surface area contributed by atoms with Crippen molar-refractivity contribution in [2.45, 2.75) is 65.8 Å². The van der Waals surface area contributed by atoms with E-state index in [4.69, 9.17) is 0 Å². The molecular weight excluding hydrogens is 404 g/mol. The number of carbonyl (C=O) groups excluding carboxylic acids is 4. The molecule has 1 aliphatic heterocycles. The molecule has 1 aromatic rings. The first-order chi connectivity index (χ1) is 14.0. The lowest BCUT2D eigenvalue weighted by atomic mass is 9.64. The Morgan fingerprint density at radius 3 is 2.57 bits per heavy atom. The van der Waals surface area contributed by atoms with Crippen molar-refractivity contribution in [1.29, 1.82) is 0 Å². The Kier molecular flexibility index (Phi) is 5.95. The summed E-state index contributed by atoms with van der Waals surface area (Å²) in [4.78, 5) is 52.7. The van der Waals surface area contributed by atoms with Crippen LogP contribution in [0.1, 0.15) is 67.1 Å². The van der Waals surface area contributed by atoms with Gasteiger partial charge in [0.1, 0.15) is 12.1 Å². The van der Waals surface area contributed by atoms with Crippen LogP contribution in [0.3, 0.4) is 0 Å². The molecule has 3 N–H and O–H groups in total. The van der Waals surface area contributed by atoms with Crippen LogP contribution in [0.5, 0.6) is 0 Å².